The molecular weight excluding hydrogens is 343 g/mol. The average Bonchev–Trinajstić information content (AvgIpc) is 2.57. The van der Waals surface area contributed by atoms with Crippen molar-refractivity contribution in [1.82, 2.24) is 0 Å². The van der Waals surface area contributed by atoms with Crippen LogP contribution in [0.3, 0.4) is 0 Å². The summed E-state index contributed by atoms with van der Waals surface area (Å²) in [5, 5.41) is 0.864. The van der Waals surface area contributed by atoms with Gasteiger partial charge in [-0.2, -0.15) is 0 Å². The molecule has 126 valence electrons. The van der Waals surface area contributed by atoms with E-state index in [-0.39, 0.29) is 5.78 Å². The van der Waals surface area contributed by atoms with E-state index in [4.69, 9.17) is 27.9 Å². The predicted molar refractivity (Wildman–Crippen MR) is 101 cm³/mol. The first-order valence-electron chi connectivity index (χ1n) is 8.00. The first-order chi connectivity index (χ1) is 11.6. The smallest absolute Gasteiger partial charge is 0.187 e. The lowest BCUT2D eigenvalue weighted by atomic mass is 10.1. The number of rotatable bonds is 8. The van der Waals surface area contributed by atoms with E-state index < -0.39 is 0 Å². The van der Waals surface area contributed by atoms with Crippen LogP contribution in [0.5, 0.6) is 5.75 Å². The second-order valence-corrected chi connectivity index (χ2v) is 6.29. The molecule has 0 aliphatic heterocycles. The lowest BCUT2D eigenvalue weighted by Crippen LogP contribution is -1.97. The maximum Gasteiger partial charge on any atom is 0.187 e. The molecule has 0 aliphatic rings. The molecular formula is C20H20Cl2O2. The van der Waals surface area contributed by atoms with Gasteiger partial charge >= 0.3 is 0 Å². The molecule has 0 unspecified atom stereocenters. The van der Waals surface area contributed by atoms with Crippen LogP contribution in [-0.2, 0) is 0 Å². The monoisotopic (exact) mass is 362 g/mol. The molecule has 24 heavy (non-hydrogen) atoms. The largest absolute Gasteiger partial charge is 0.494 e. The highest BCUT2D eigenvalue weighted by molar-refractivity contribution is 6.37. The Balaban J connectivity index is 1.95. The van der Waals surface area contributed by atoms with E-state index in [1.807, 2.05) is 24.3 Å². The number of unbranched alkanes of at least 4 members (excludes halogenated alkanes) is 2. The number of ketones is 1. The number of hydrogen-bond donors (Lipinski definition) is 0. The maximum absolute atomic E-state index is 12.2. The van der Waals surface area contributed by atoms with Crippen molar-refractivity contribution in [3.63, 3.8) is 0 Å². The third-order valence-electron chi connectivity index (χ3n) is 3.52. The Hall–Kier alpha value is -1.77. The van der Waals surface area contributed by atoms with Crippen molar-refractivity contribution in [3.05, 3.63) is 69.7 Å². The number of halogens is 2. The normalized spacial score (nSPS) is 11.0. The summed E-state index contributed by atoms with van der Waals surface area (Å²) in [6.45, 7) is 2.90. The number of carbonyl (C=O) groups excluding carboxylic acids is 1. The lowest BCUT2D eigenvalue weighted by Gasteiger charge is -2.05. The molecule has 0 atom stereocenters. The number of carbonyl (C=O) groups is 1. The molecule has 2 rings (SSSR count). The molecule has 0 aliphatic carbocycles. The van der Waals surface area contributed by atoms with Crippen molar-refractivity contribution < 1.29 is 9.53 Å². The molecule has 2 aromatic rings. The summed E-state index contributed by atoms with van der Waals surface area (Å²) in [4.78, 5) is 12.2. The van der Waals surface area contributed by atoms with Crippen molar-refractivity contribution in [3.8, 4) is 5.75 Å². The Morgan fingerprint density at radius 1 is 1.08 bits per heavy atom. The highest BCUT2D eigenvalue weighted by atomic mass is 35.5. The molecule has 2 aromatic carbocycles. The molecule has 0 spiro atoms. The fraction of sp³-hybridized carbons (Fsp3) is 0.250. The van der Waals surface area contributed by atoms with E-state index in [1.54, 1.807) is 24.3 Å². The Morgan fingerprint density at radius 3 is 2.50 bits per heavy atom. The summed E-state index contributed by atoms with van der Waals surface area (Å²) in [6.07, 6.45) is 6.68. The Labute approximate surface area is 153 Å². The molecule has 0 radical (unpaired) electrons. The summed E-state index contributed by atoms with van der Waals surface area (Å²) in [7, 11) is 0. The molecule has 2 nitrogen and oxygen atoms in total. The maximum atomic E-state index is 12.2. The minimum absolute atomic E-state index is 0.156. The average molecular weight is 363 g/mol. The summed E-state index contributed by atoms with van der Waals surface area (Å²) >= 11 is 11.9. The summed E-state index contributed by atoms with van der Waals surface area (Å²) in [6, 6.07) is 12.5. The second-order valence-electron chi connectivity index (χ2n) is 5.45. The quantitative estimate of drug-likeness (QED) is 0.306. The van der Waals surface area contributed by atoms with Crippen LogP contribution in [0.15, 0.2) is 48.5 Å². The molecule has 0 aromatic heterocycles. The van der Waals surface area contributed by atoms with E-state index in [0.29, 0.717) is 15.6 Å². The Bertz CT molecular complexity index is 706. The van der Waals surface area contributed by atoms with E-state index in [2.05, 4.69) is 6.92 Å². The van der Waals surface area contributed by atoms with Crippen molar-refractivity contribution in [2.45, 2.75) is 26.2 Å². The van der Waals surface area contributed by atoms with Gasteiger partial charge in [0, 0.05) is 10.6 Å². The topological polar surface area (TPSA) is 26.3 Å². The van der Waals surface area contributed by atoms with Gasteiger partial charge in [0.25, 0.3) is 0 Å². The van der Waals surface area contributed by atoms with Crippen molar-refractivity contribution >= 4 is 35.1 Å². The van der Waals surface area contributed by atoms with E-state index >= 15 is 0 Å². The van der Waals surface area contributed by atoms with Gasteiger partial charge < -0.3 is 4.74 Å². The van der Waals surface area contributed by atoms with Gasteiger partial charge in [0.05, 0.1) is 11.6 Å². The highest BCUT2D eigenvalue weighted by Crippen LogP contribution is 2.22. The summed E-state index contributed by atoms with van der Waals surface area (Å²) < 4.78 is 5.66. The number of allylic oxidation sites excluding steroid dienone is 1. The van der Waals surface area contributed by atoms with Crippen molar-refractivity contribution in [2.75, 3.05) is 6.61 Å². The molecule has 0 amide bonds. The molecule has 0 heterocycles. The highest BCUT2D eigenvalue weighted by Gasteiger charge is 2.07. The SMILES string of the molecule is CCCCCOc1ccc(/C=C/C(=O)c2ccc(Cl)cc2Cl)cc1. The zero-order valence-electron chi connectivity index (χ0n) is 13.6. The van der Waals surface area contributed by atoms with Crippen LogP contribution in [0.2, 0.25) is 10.0 Å². The summed E-state index contributed by atoms with van der Waals surface area (Å²) in [5.41, 5.74) is 1.36. The van der Waals surface area contributed by atoms with E-state index in [0.717, 1.165) is 24.3 Å². The van der Waals surface area contributed by atoms with Gasteiger partial charge in [0.15, 0.2) is 5.78 Å². The first-order valence-corrected chi connectivity index (χ1v) is 8.76. The molecule has 0 bridgehead atoms. The fourth-order valence-corrected chi connectivity index (χ4v) is 2.67. The van der Waals surface area contributed by atoms with Crippen LogP contribution in [0.4, 0.5) is 0 Å². The third-order valence-corrected chi connectivity index (χ3v) is 4.07. The molecule has 4 heteroatoms. The predicted octanol–water partition coefficient (Wildman–Crippen LogP) is 6.46. The van der Waals surface area contributed by atoms with Gasteiger partial charge in [-0.1, -0.05) is 61.2 Å². The van der Waals surface area contributed by atoms with Gasteiger partial charge in [0.2, 0.25) is 0 Å². The van der Waals surface area contributed by atoms with Gasteiger partial charge in [-0.3, -0.25) is 4.79 Å². The second kappa shape index (κ2) is 9.51. The van der Waals surface area contributed by atoms with Gasteiger partial charge in [-0.15, -0.1) is 0 Å². The number of benzene rings is 2. The zero-order valence-corrected chi connectivity index (χ0v) is 15.1. The molecule has 0 saturated carbocycles. The Morgan fingerprint density at radius 2 is 1.83 bits per heavy atom. The number of ether oxygens (including phenoxy) is 1. The van der Waals surface area contributed by atoms with Crippen LogP contribution in [0.1, 0.15) is 42.1 Å². The van der Waals surface area contributed by atoms with Crippen molar-refractivity contribution in [2.24, 2.45) is 0 Å². The van der Waals surface area contributed by atoms with Gasteiger partial charge in [0.1, 0.15) is 5.75 Å². The molecule has 0 N–H and O–H groups in total. The molecule has 0 fully saturated rings. The first kappa shape index (κ1) is 18.6. The van der Waals surface area contributed by atoms with Crippen LogP contribution >= 0.6 is 23.2 Å². The third kappa shape index (κ3) is 5.70. The fourth-order valence-electron chi connectivity index (χ4n) is 2.17. The van der Waals surface area contributed by atoms with Crippen LogP contribution in [-0.4, -0.2) is 12.4 Å². The standard InChI is InChI=1S/C20H20Cl2O2/c1-2-3-4-13-24-17-9-5-15(6-10-17)7-12-20(23)18-11-8-16(21)14-19(18)22/h5-12,14H,2-4,13H2,1H3/b12-7+. The minimum atomic E-state index is -0.156. The van der Waals surface area contributed by atoms with Gasteiger partial charge in [-0.05, 0) is 48.4 Å². The zero-order chi connectivity index (χ0) is 17.4. The van der Waals surface area contributed by atoms with Gasteiger partial charge in [-0.25, -0.2) is 0 Å². The van der Waals surface area contributed by atoms with Crippen molar-refractivity contribution in [1.29, 1.82) is 0 Å². The van der Waals surface area contributed by atoms with E-state index in [9.17, 15) is 4.79 Å². The van der Waals surface area contributed by atoms with Crippen LogP contribution < -0.4 is 4.74 Å². The molecule has 0 saturated heterocycles. The number of hydrogen-bond acceptors (Lipinski definition) is 2. The minimum Gasteiger partial charge on any atom is -0.494 e. The van der Waals surface area contributed by atoms with Crippen LogP contribution in [0, 0.1) is 0 Å². The summed E-state index contributed by atoms with van der Waals surface area (Å²) in [5.74, 6) is 0.687. The Kier molecular flexibility index (Phi) is 7.36. The van der Waals surface area contributed by atoms with E-state index in [1.165, 1.54) is 18.9 Å². The van der Waals surface area contributed by atoms with Crippen LogP contribution in [0.25, 0.3) is 6.08 Å². The lowest BCUT2D eigenvalue weighted by molar-refractivity contribution is 0.104.